The van der Waals surface area contributed by atoms with Gasteiger partial charge in [0.05, 0.1) is 5.69 Å². The third-order valence-electron chi connectivity index (χ3n) is 1.90. The van der Waals surface area contributed by atoms with Crippen LogP contribution in [0.15, 0.2) is 46.9 Å². The van der Waals surface area contributed by atoms with Crippen LogP contribution in [0.1, 0.15) is 0 Å². The number of aromatic nitrogens is 2. The molecule has 0 radical (unpaired) electrons. The van der Waals surface area contributed by atoms with E-state index in [1.165, 1.54) is 0 Å². The second-order valence-electron chi connectivity index (χ2n) is 3.05. The minimum Gasteiger partial charge on any atom is -0.508 e. The Bertz CT molecular complexity index is 472. The summed E-state index contributed by atoms with van der Waals surface area (Å²) in [4.78, 5) is 4.00. The Hall–Kier alpha value is -2.17. The molecule has 0 saturated carbocycles. The van der Waals surface area contributed by atoms with Gasteiger partial charge in [0.25, 0.3) is 0 Å². The highest BCUT2D eigenvalue weighted by molar-refractivity contribution is 5.40. The van der Waals surface area contributed by atoms with Crippen LogP contribution < -0.4 is 0 Å². The second-order valence-corrected chi connectivity index (χ2v) is 3.05. The molecule has 0 unspecified atom stereocenters. The van der Waals surface area contributed by atoms with Gasteiger partial charge in [-0.05, 0) is 24.3 Å². The maximum absolute atomic E-state index is 9.06. The molecule has 1 heterocycles. The highest BCUT2D eigenvalue weighted by atomic mass is 16.3. The molecule has 0 aliphatic heterocycles. The van der Waals surface area contributed by atoms with Crippen molar-refractivity contribution in [2.45, 2.75) is 0 Å². The zero-order chi connectivity index (χ0) is 10.7. The summed E-state index contributed by atoms with van der Waals surface area (Å²) in [5.41, 5.74) is 0.677. The fourth-order valence-electron chi connectivity index (χ4n) is 1.08. The van der Waals surface area contributed by atoms with Gasteiger partial charge in [0.15, 0.2) is 0 Å². The Morgan fingerprint density at radius 3 is 2.53 bits per heavy atom. The first-order chi connectivity index (χ1) is 7.25. The molecule has 15 heavy (non-hydrogen) atoms. The van der Waals surface area contributed by atoms with Gasteiger partial charge in [0, 0.05) is 19.4 Å². The van der Waals surface area contributed by atoms with Crippen molar-refractivity contribution >= 4 is 11.6 Å². The number of aryl methyl sites for hydroxylation is 1. The van der Waals surface area contributed by atoms with Crippen LogP contribution in [0.25, 0.3) is 0 Å². The summed E-state index contributed by atoms with van der Waals surface area (Å²) in [5.74, 6) is 0.758. The smallest absolute Gasteiger partial charge is 0.249 e. The molecular formula is C10H10N4O. The van der Waals surface area contributed by atoms with Crippen molar-refractivity contribution in [1.82, 2.24) is 9.55 Å². The van der Waals surface area contributed by atoms with Crippen LogP contribution in [0.3, 0.4) is 0 Å². The van der Waals surface area contributed by atoms with Crippen molar-refractivity contribution in [1.29, 1.82) is 0 Å². The van der Waals surface area contributed by atoms with Gasteiger partial charge in [-0.1, -0.05) is 0 Å². The maximum atomic E-state index is 9.06. The van der Waals surface area contributed by atoms with Gasteiger partial charge >= 0.3 is 0 Å². The van der Waals surface area contributed by atoms with Crippen molar-refractivity contribution in [3.63, 3.8) is 0 Å². The van der Waals surface area contributed by atoms with Crippen LogP contribution in [0.5, 0.6) is 5.75 Å². The molecule has 0 atom stereocenters. The van der Waals surface area contributed by atoms with Gasteiger partial charge in [0.1, 0.15) is 5.75 Å². The zero-order valence-corrected chi connectivity index (χ0v) is 8.20. The number of imidazole rings is 1. The lowest BCUT2D eigenvalue weighted by Crippen LogP contribution is -1.81. The van der Waals surface area contributed by atoms with E-state index in [0.29, 0.717) is 11.6 Å². The molecule has 0 aliphatic carbocycles. The van der Waals surface area contributed by atoms with Gasteiger partial charge in [-0.25, -0.2) is 4.98 Å². The zero-order valence-electron chi connectivity index (χ0n) is 8.20. The molecule has 5 heteroatoms. The molecular weight excluding hydrogens is 192 g/mol. The van der Waals surface area contributed by atoms with Crippen LogP contribution in [0.4, 0.5) is 11.6 Å². The van der Waals surface area contributed by atoms with Gasteiger partial charge in [-0.15, -0.1) is 10.2 Å². The Labute approximate surface area is 86.7 Å². The summed E-state index contributed by atoms with van der Waals surface area (Å²) in [5, 5.41) is 17.0. The number of azo groups is 1. The van der Waals surface area contributed by atoms with E-state index in [1.54, 1.807) is 41.2 Å². The Morgan fingerprint density at radius 1 is 1.20 bits per heavy atom. The average Bonchev–Trinajstić information content (AvgIpc) is 2.63. The first kappa shape index (κ1) is 9.39. The summed E-state index contributed by atoms with van der Waals surface area (Å²) >= 11 is 0. The predicted molar refractivity (Wildman–Crippen MR) is 55.5 cm³/mol. The van der Waals surface area contributed by atoms with E-state index in [2.05, 4.69) is 15.2 Å². The molecule has 1 aromatic carbocycles. The quantitative estimate of drug-likeness (QED) is 0.760. The third-order valence-corrected chi connectivity index (χ3v) is 1.90. The summed E-state index contributed by atoms with van der Waals surface area (Å²) in [6.07, 6.45) is 3.45. The van der Waals surface area contributed by atoms with Gasteiger partial charge in [-0.2, -0.15) is 0 Å². The first-order valence-corrected chi connectivity index (χ1v) is 4.44. The molecule has 0 bridgehead atoms. The fourth-order valence-corrected chi connectivity index (χ4v) is 1.08. The van der Waals surface area contributed by atoms with Crippen LogP contribution >= 0.6 is 0 Å². The Morgan fingerprint density at radius 2 is 1.93 bits per heavy atom. The van der Waals surface area contributed by atoms with Crippen molar-refractivity contribution < 1.29 is 5.11 Å². The number of nitrogens with zero attached hydrogens (tertiary/aromatic N) is 4. The summed E-state index contributed by atoms with van der Waals surface area (Å²) < 4.78 is 1.77. The van der Waals surface area contributed by atoms with Crippen molar-refractivity contribution in [3.05, 3.63) is 36.7 Å². The highest BCUT2D eigenvalue weighted by Crippen LogP contribution is 2.18. The van der Waals surface area contributed by atoms with E-state index < -0.39 is 0 Å². The van der Waals surface area contributed by atoms with E-state index in [4.69, 9.17) is 5.11 Å². The van der Waals surface area contributed by atoms with Crippen LogP contribution in [-0.2, 0) is 7.05 Å². The molecule has 0 fully saturated rings. The SMILES string of the molecule is Cn1ccnc1/N=N/c1ccc(O)cc1. The molecule has 5 nitrogen and oxygen atoms in total. The van der Waals surface area contributed by atoms with Crippen LogP contribution in [0.2, 0.25) is 0 Å². The minimum absolute atomic E-state index is 0.214. The number of hydrogen-bond donors (Lipinski definition) is 1. The standard InChI is InChI=1S/C10H10N4O/c1-14-7-6-11-10(14)13-12-8-2-4-9(15)5-3-8/h2-7,15H,1H3/b13-12+. The maximum Gasteiger partial charge on any atom is 0.249 e. The van der Waals surface area contributed by atoms with Crippen LogP contribution in [0, 0.1) is 0 Å². The number of hydrogen-bond acceptors (Lipinski definition) is 4. The van der Waals surface area contributed by atoms with Gasteiger partial charge < -0.3 is 9.67 Å². The molecule has 76 valence electrons. The van der Waals surface area contributed by atoms with Crippen LogP contribution in [-0.4, -0.2) is 14.7 Å². The largest absolute Gasteiger partial charge is 0.508 e. The Balaban J connectivity index is 2.19. The molecule has 0 amide bonds. The topological polar surface area (TPSA) is 62.8 Å². The van der Waals surface area contributed by atoms with Crippen molar-refractivity contribution in [2.24, 2.45) is 17.3 Å². The number of aromatic hydroxyl groups is 1. The monoisotopic (exact) mass is 202 g/mol. The van der Waals surface area contributed by atoms with Crippen molar-refractivity contribution in [3.8, 4) is 5.75 Å². The molecule has 0 spiro atoms. The molecule has 1 aromatic heterocycles. The molecule has 2 aromatic rings. The van der Waals surface area contributed by atoms with E-state index in [0.717, 1.165) is 0 Å². The van der Waals surface area contributed by atoms with E-state index in [9.17, 15) is 0 Å². The number of phenolic OH excluding ortho intramolecular Hbond substituents is 1. The molecule has 1 N–H and O–H groups in total. The summed E-state index contributed by atoms with van der Waals surface area (Å²) in [6.45, 7) is 0. The lowest BCUT2D eigenvalue weighted by molar-refractivity contribution is 0.475. The molecule has 0 saturated heterocycles. The molecule has 2 rings (SSSR count). The lowest BCUT2D eigenvalue weighted by Gasteiger charge is -1.93. The van der Waals surface area contributed by atoms with Crippen molar-refractivity contribution in [2.75, 3.05) is 0 Å². The Kier molecular flexibility index (Phi) is 2.45. The third kappa shape index (κ3) is 2.19. The van der Waals surface area contributed by atoms with Gasteiger partial charge in [-0.3, -0.25) is 0 Å². The first-order valence-electron chi connectivity index (χ1n) is 4.44. The normalized spacial score (nSPS) is 11.0. The molecule has 0 aliphatic rings. The van der Waals surface area contributed by atoms with Gasteiger partial charge in [0.2, 0.25) is 5.95 Å². The summed E-state index contributed by atoms with van der Waals surface area (Å²) in [7, 11) is 1.85. The second kappa shape index (κ2) is 3.91. The fraction of sp³-hybridized carbons (Fsp3) is 0.100. The predicted octanol–water partition coefficient (Wildman–Crippen LogP) is 2.54. The highest BCUT2D eigenvalue weighted by Gasteiger charge is 1.95. The lowest BCUT2D eigenvalue weighted by atomic mass is 10.3. The van der Waals surface area contributed by atoms with E-state index in [1.807, 2.05) is 7.05 Å². The van der Waals surface area contributed by atoms with E-state index >= 15 is 0 Å². The average molecular weight is 202 g/mol. The number of phenols is 1. The summed E-state index contributed by atoms with van der Waals surface area (Å²) in [6, 6.07) is 6.49. The number of benzene rings is 1. The number of rotatable bonds is 2. The van der Waals surface area contributed by atoms with E-state index in [-0.39, 0.29) is 5.75 Å². The minimum atomic E-state index is 0.214.